The number of carbonyl (C=O) groups excluding carboxylic acids is 1. The Labute approximate surface area is 146 Å². The molecule has 0 bridgehead atoms. The highest BCUT2D eigenvalue weighted by molar-refractivity contribution is 5.94. The first-order valence-corrected chi connectivity index (χ1v) is 7.47. The van der Waals surface area contributed by atoms with E-state index in [4.69, 9.17) is 5.73 Å². The number of amides is 1. The molecule has 3 nitrogen and oxygen atoms in total. The van der Waals surface area contributed by atoms with Crippen LogP contribution in [0.25, 0.3) is 0 Å². The van der Waals surface area contributed by atoms with Crippen molar-refractivity contribution in [2.45, 2.75) is 25.8 Å². The van der Waals surface area contributed by atoms with Gasteiger partial charge < -0.3 is 11.1 Å². The van der Waals surface area contributed by atoms with Crippen LogP contribution in [0.1, 0.15) is 47.3 Å². The zero-order valence-corrected chi connectivity index (χ0v) is 14.4. The molecule has 0 saturated carbocycles. The molecule has 3 N–H and O–H groups in total. The Hall–Kier alpha value is -1.98. The maximum Gasteiger partial charge on any atom is 0.254 e. The third kappa shape index (κ3) is 5.01. The summed E-state index contributed by atoms with van der Waals surface area (Å²) in [5, 5.41) is 2.57. The predicted molar refractivity (Wildman–Crippen MR) is 93.4 cm³/mol. The van der Waals surface area contributed by atoms with E-state index in [1.54, 1.807) is 0 Å². The zero-order chi connectivity index (χ0) is 17.0. The first kappa shape index (κ1) is 20.1. The highest BCUT2D eigenvalue weighted by Crippen LogP contribution is 2.17. The Morgan fingerprint density at radius 1 is 1.08 bits per heavy atom. The molecular weight excluding hydrogens is 334 g/mol. The molecule has 130 valence electrons. The normalized spacial score (nSPS) is 11.8. The zero-order valence-electron chi connectivity index (χ0n) is 13.6. The molecule has 0 fully saturated rings. The van der Waals surface area contributed by atoms with E-state index in [1.807, 2.05) is 24.3 Å². The van der Waals surface area contributed by atoms with Gasteiger partial charge in [-0.05, 0) is 29.2 Å². The second-order valence-electron chi connectivity index (χ2n) is 5.76. The van der Waals surface area contributed by atoms with Crippen LogP contribution in [0.5, 0.6) is 0 Å². The Balaban J connectivity index is 0.00000288. The molecule has 1 atom stereocenters. The van der Waals surface area contributed by atoms with Crippen molar-refractivity contribution in [2.75, 3.05) is 6.54 Å². The van der Waals surface area contributed by atoms with Gasteiger partial charge >= 0.3 is 0 Å². The lowest BCUT2D eigenvalue weighted by Gasteiger charge is -2.15. The topological polar surface area (TPSA) is 55.1 Å². The van der Waals surface area contributed by atoms with Gasteiger partial charge in [0, 0.05) is 18.7 Å². The minimum Gasteiger partial charge on any atom is -0.350 e. The van der Waals surface area contributed by atoms with Crippen molar-refractivity contribution in [1.29, 1.82) is 0 Å². The number of halogens is 3. The van der Waals surface area contributed by atoms with E-state index in [-0.39, 0.29) is 24.5 Å². The fourth-order valence-corrected chi connectivity index (χ4v) is 2.22. The largest absolute Gasteiger partial charge is 0.350 e. The average Bonchev–Trinajstić information content (AvgIpc) is 2.52. The molecule has 2 aromatic carbocycles. The first-order chi connectivity index (χ1) is 10.9. The highest BCUT2D eigenvalue weighted by atomic mass is 35.5. The van der Waals surface area contributed by atoms with Gasteiger partial charge in [-0.3, -0.25) is 4.79 Å². The molecule has 1 unspecified atom stereocenters. The van der Waals surface area contributed by atoms with Crippen molar-refractivity contribution < 1.29 is 13.6 Å². The molecule has 6 heteroatoms. The monoisotopic (exact) mass is 354 g/mol. The SMILES string of the molecule is CC(C)c1ccc(C(N)CNC(=O)c2ccc(F)cc2F)cc1.Cl. The molecule has 0 aliphatic heterocycles. The number of nitrogens with two attached hydrogens (primary N) is 1. The van der Waals surface area contributed by atoms with Crippen LogP contribution in [0.3, 0.4) is 0 Å². The van der Waals surface area contributed by atoms with E-state index in [1.165, 1.54) is 5.56 Å². The number of hydrogen-bond donors (Lipinski definition) is 2. The third-order valence-electron chi connectivity index (χ3n) is 3.69. The lowest BCUT2D eigenvalue weighted by Crippen LogP contribution is -2.32. The number of nitrogens with one attached hydrogen (secondary N) is 1. The second kappa shape index (κ2) is 8.76. The molecule has 2 aromatic rings. The van der Waals surface area contributed by atoms with E-state index in [9.17, 15) is 13.6 Å². The van der Waals surface area contributed by atoms with E-state index in [0.29, 0.717) is 12.0 Å². The molecule has 0 aromatic heterocycles. The van der Waals surface area contributed by atoms with Crippen LogP contribution in [0.2, 0.25) is 0 Å². The Morgan fingerprint density at radius 3 is 2.21 bits per heavy atom. The molecule has 0 heterocycles. The lowest BCUT2D eigenvalue weighted by atomic mass is 9.99. The van der Waals surface area contributed by atoms with Crippen molar-refractivity contribution in [3.63, 3.8) is 0 Å². The van der Waals surface area contributed by atoms with Crippen LogP contribution in [0, 0.1) is 11.6 Å². The molecule has 0 radical (unpaired) electrons. The van der Waals surface area contributed by atoms with Gasteiger partial charge in [0.2, 0.25) is 0 Å². The number of carbonyl (C=O) groups is 1. The summed E-state index contributed by atoms with van der Waals surface area (Å²) >= 11 is 0. The van der Waals surface area contributed by atoms with Gasteiger partial charge in [-0.2, -0.15) is 0 Å². The van der Waals surface area contributed by atoms with Gasteiger partial charge in [-0.15, -0.1) is 12.4 Å². The fourth-order valence-electron chi connectivity index (χ4n) is 2.22. The third-order valence-corrected chi connectivity index (χ3v) is 3.69. The molecule has 0 saturated heterocycles. The summed E-state index contributed by atoms with van der Waals surface area (Å²) in [6.07, 6.45) is 0. The van der Waals surface area contributed by atoms with Gasteiger partial charge in [0.1, 0.15) is 11.6 Å². The van der Waals surface area contributed by atoms with Crippen LogP contribution in [-0.2, 0) is 0 Å². The molecule has 1 amide bonds. The van der Waals surface area contributed by atoms with Crippen LogP contribution in [0.15, 0.2) is 42.5 Å². The maximum absolute atomic E-state index is 13.5. The van der Waals surface area contributed by atoms with E-state index in [0.717, 1.165) is 17.7 Å². The number of hydrogen-bond acceptors (Lipinski definition) is 2. The fraction of sp³-hybridized carbons (Fsp3) is 0.278. The van der Waals surface area contributed by atoms with Gasteiger partial charge in [0.15, 0.2) is 0 Å². The van der Waals surface area contributed by atoms with Crippen LogP contribution in [0.4, 0.5) is 8.78 Å². The van der Waals surface area contributed by atoms with Crippen molar-refractivity contribution in [3.8, 4) is 0 Å². The summed E-state index contributed by atoms with van der Waals surface area (Å²) in [5.74, 6) is -1.79. The summed E-state index contributed by atoms with van der Waals surface area (Å²) in [7, 11) is 0. The lowest BCUT2D eigenvalue weighted by molar-refractivity contribution is 0.0947. The van der Waals surface area contributed by atoms with Crippen LogP contribution in [-0.4, -0.2) is 12.5 Å². The van der Waals surface area contributed by atoms with Gasteiger partial charge in [-0.25, -0.2) is 8.78 Å². The molecule has 0 aliphatic rings. The minimum absolute atomic E-state index is 0. The summed E-state index contributed by atoms with van der Waals surface area (Å²) in [6.45, 7) is 4.37. The smallest absolute Gasteiger partial charge is 0.254 e. The molecule has 0 aliphatic carbocycles. The van der Waals surface area contributed by atoms with Crippen molar-refractivity contribution in [1.82, 2.24) is 5.32 Å². The summed E-state index contributed by atoms with van der Waals surface area (Å²) in [5.41, 5.74) is 7.93. The molecule has 24 heavy (non-hydrogen) atoms. The quantitative estimate of drug-likeness (QED) is 0.854. The second-order valence-corrected chi connectivity index (χ2v) is 5.76. The Kier molecular flexibility index (Phi) is 7.32. The molecule has 2 rings (SSSR count). The summed E-state index contributed by atoms with van der Waals surface area (Å²) in [4.78, 5) is 11.9. The van der Waals surface area contributed by atoms with Gasteiger partial charge in [0.25, 0.3) is 5.91 Å². The first-order valence-electron chi connectivity index (χ1n) is 7.47. The highest BCUT2D eigenvalue weighted by Gasteiger charge is 2.14. The molecular formula is C18H21ClF2N2O. The molecule has 0 spiro atoms. The Bertz CT molecular complexity index is 690. The van der Waals surface area contributed by atoms with Gasteiger partial charge in [0.05, 0.1) is 5.56 Å². The van der Waals surface area contributed by atoms with Crippen molar-refractivity contribution in [3.05, 3.63) is 70.8 Å². The summed E-state index contributed by atoms with van der Waals surface area (Å²) < 4.78 is 26.4. The van der Waals surface area contributed by atoms with E-state index in [2.05, 4.69) is 19.2 Å². The Morgan fingerprint density at radius 2 is 1.67 bits per heavy atom. The van der Waals surface area contributed by atoms with Crippen molar-refractivity contribution in [2.24, 2.45) is 5.73 Å². The van der Waals surface area contributed by atoms with E-state index < -0.39 is 23.6 Å². The van der Waals surface area contributed by atoms with Crippen molar-refractivity contribution >= 4 is 18.3 Å². The number of benzene rings is 2. The maximum atomic E-state index is 13.5. The van der Waals surface area contributed by atoms with Crippen LogP contribution < -0.4 is 11.1 Å². The predicted octanol–water partition coefficient (Wildman–Crippen LogP) is 3.94. The van der Waals surface area contributed by atoms with Crippen LogP contribution >= 0.6 is 12.4 Å². The van der Waals surface area contributed by atoms with Gasteiger partial charge in [-0.1, -0.05) is 38.1 Å². The number of rotatable bonds is 5. The van der Waals surface area contributed by atoms with E-state index >= 15 is 0 Å². The standard InChI is InChI=1S/C18H20F2N2O.ClH/c1-11(2)12-3-5-13(6-4-12)17(21)10-22-18(23)15-8-7-14(19)9-16(15)20;/h3-9,11,17H,10,21H2,1-2H3,(H,22,23);1H. The minimum atomic E-state index is -0.891. The summed E-state index contributed by atoms with van der Waals surface area (Å²) in [6, 6.07) is 10.3. The average molecular weight is 355 g/mol.